The van der Waals surface area contributed by atoms with Crippen molar-refractivity contribution in [3.05, 3.63) is 101 Å². The molecule has 0 fully saturated rings. The Kier molecular flexibility index (Phi) is 8.28. The number of rotatable bonds is 9. The van der Waals surface area contributed by atoms with E-state index >= 15 is 0 Å². The van der Waals surface area contributed by atoms with Gasteiger partial charge in [-0.2, -0.15) is 0 Å². The highest BCUT2D eigenvalue weighted by Crippen LogP contribution is 2.42. The van der Waals surface area contributed by atoms with Crippen molar-refractivity contribution in [3.8, 4) is 5.75 Å². The molecular formula is C29H30O8Si. The summed E-state index contributed by atoms with van der Waals surface area (Å²) < 4.78 is 28.8. The Labute approximate surface area is 222 Å². The molecule has 4 rings (SSSR count). The van der Waals surface area contributed by atoms with Gasteiger partial charge in [0.2, 0.25) is 0 Å². The molecule has 0 amide bonds. The molecule has 0 aromatic heterocycles. The molecule has 38 heavy (non-hydrogen) atoms. The van der Waals surface area contributed by atoms with Crippen LogP contribution in [0.5, 0.6) is 5.75 Å². The molecule has 3 aromatic rings. The van der Waals surface area contributed by atoms with Gasteiger partial charge in [-0.25, -0.2) is 0 Å². The van der Waals surface area contributed by atoms with Crippen LogP contribution in [0.3, 0.4) is 0 Å². The van der Waals surface area contributed by atoms with Gasteiger partial charge in [0.25, 0.3) is 23.7 Å². The highest BCUT2D eigenvalue weighted by molar-refractivity contribution is 6.65. The maximum Gasteiger partial charge on any atom is 0.705 e. The van der Waals surface area contributed by atoms with Crippen molar-refractivity contribution in [2.75, 3.05) is 0 Å². The van der Waals surface area contributed by atoms with Crippen LogP contribution in [0.15, 0.2) is 78.9 Å². The lowest BCUT2D eigenvalue weighted by Crippen LogP contribution is -2.49. The molecular weight excluding hydrogens is 504 g/mol. The third-order valence-electron chi connectivity index (χ3n) is 5.96. The number of hydrogen-bond donors (Lipinski definition) is 0. The van der Waals surface area contributed by atoms with Crippen LogP contribution in [0, 0.1) is 0 Å². The van der Waals surface area contributed by atoms with Crippen molar-refractivity contribution in [2.45, 2.75) is 52.1 Å². The Morgan fingerprint density at radius 2 is 1.32 bits per heavy atom. The van der Waals surface area contributed by atoms with Gasteiger partial charge in [-0.15, -0.1) is 0 Å². The monoisotopic (exact) mass is 534 g/mol. The second-order valence-electron chi connectivity index (χ2n) is 9.00. The zero-order chi connectivity index (χ0) is 27.2. The number of carbonyl (C=O) groups is 3. The Morgan fingerprint density at radius 3 is 1.82 bits per heavy atom. The number of aryl methyl sites for hydroxylation is 1. The molecule has 3 aromatic carbocycles. The normalized spacial score (nSPS) is 14.0. The van der Waals surface area contributed by atoms with Gasteiger partial charge in [-0.1, -0.05) is 66.7 Å². The van der Waals surface area contributed by atoms with Crippen LogP contribution in [0.25, 0.3) is 0 Å². The first-order chi connectivity index (χ1) is 18.2. The van der Waals surface area contributed by atoms with Crippen LogP contribution in [0.1, 0.15) is 49.4 Å². The molecule has 8 nitrogen and oxygen atoms in total. The van der Waals surface area contributed by atoms with Crippen LogP contribution in [-0.2, 0) is 51.2 Å². The van der Waals surface area contributed by atoms with E-state index in [1.54, 1.807) is 0 Å². The number of fused-ring (bicyclic) bond motifs is 1. The van der Waals surface area contributed by atoms with Crippen LogP contribution < -0.4 is 4.74 Å². The van der Waals surface area contributed by atoms with E-state index in [0.717, 1.165) is 28.0 Å². The van der Waals surface area contributed by atoms with E-state index in [2.05, 4.69) is 0 Å². The number of ether oxygens (including phenoxy) is 2. The van der Waals surface area contributed by atoms with Gasteiger partial charge in [0.05, 0.1) is 12.7 Å². The van der Waals surface area contributed by atoms with E-state index in [1.807, 2.05) is 78.9 Å². The summed E-state index contributed by atoms with van der Waals surface area (Å²) in [5, 5.41) is 0. The summed E-state index contributed by atoms with van der Waals surface area (Å²) in [5.74, 6) is -2.39. The average molecular weight is 535 g/mol. The highest BCUT2D eigenvalue weighted by Gasteiger charge is 2.51. The molecule has 1 aliphatic heterocycles. The number of benzene rings is 3. The van der Waals surface area contributed by atoms with Crippen LogP contribution in [0.2, 0.25) is 6.04 Å². The summed E-state index contributed by atoms with van der Waals surface area (Å²) in [6.07, 6.45) is 1.02. The zero-order valence-electron chi connectivity index (χ0n) is 21.6. The molecule has 1 heterocycles. The van der Waals surface area contributed by atoms with Crippen molar-refractivity contribution in [1.29, 1.82) is 0 Å². The Bertz CT molecular complexity index is 1210. The molecule has 0 spiro atoms. The Balaban J connectivity index is 1.52. The van der Waals surface area contributed by atoms with Crippen LogP contribution in [0.4, 0.5) is 0 Å². The van der Waals surface area contributed by atoms with Crippen LogP contribution >= 0.6 is 0 Å². The first-order valence-electron chi connectivity index (χ1n) is 12.4. The summed E-state index contributed by atoms with van der Waals surface area (Å²) in [6, 6.07) is 25.6. The van der Waals surface area contributed by atoms with Crippen LogP contribution in [-0.4, -0.2) is 26.7 Å². The molecule has 0 unspecified atom stereocenters. The van der Waals surface area contributed by atoms with Gasteiger partial charge in [0.15, 0.2) is 0 Å². The number of carbonyl (C=O) groups excluding carboxylic acids is 3. The Hall–Kier alpha value is -3.95. The minimum Gasteiger partial charge on any atom is -0.455 e. The average Bonchev–Trinajstić information content (AvgIpc) is 2.88. The smallest absolute Gasteiger partial charge is 0.455 e. The van der Waals surface area contributed by atoms with E-state index in [0.29, 0.717) is 19.4 Å². The minimum absolute atomic E-state index is 0.112. The van der Waals surface area contributed by atoms with Gasteiger partial charge in [0.1, 0.15) is 5.75 Å². The molecule has 9 heteroatoms. The second kappa shape index (κ2) is 11.6. The molecule has 0 radical (unpaired) electrons. The van der Waals surface area contributed by atoms with Crippen molar-refractivity contribution in [2.24, 2.45) is 0 Å². The number of hydrogen-bond acceptors (Lipinski definition) is 8. The largest absolute Gasteiger partial charge is 0.705 e. The van der Waals surface area contributed by atoms with Gasteiger partial charge < -0.3 is 22.8 Å². The molecule has 0 saturated heterocycles. The first-order valence-corrected chi connectivity index (χ1v) is 14.3. The summed E-state index contributed by atoms with van der Waals surface area (Å²) >= 11 is 0. The SMILES string of the molecule is CC(=O)O[Si](CCCc1ccc2c(c1)COC(c1ccccc1)(c1ccccc1)O2)(OC(C)=O)OC(C)=O. The molecule has 1 aliphatic rings. The van der Waals surface area contributed by atoms with Gasteiger partial charge >= 0.3 is 8.80 Å². The van der Waals surface area contributed by atoms with Crippen molar-refractivity contribution in [1.82, 2.24) is 0 Å². The van der Waals surface area contributed by atoms with Gasteiger partial charge in [-0.05, 0) is 30.5 Å². The molecule has 0 bridgehead atoms. The lowest BCUT2D eigenvalue weighted by molar-refractivity contribution is -0.184. The summed E-state index contributed by atoms with van der Waals surface area (Å²) in [4.78, 5) is 35.0. The first kappa shape index (κ1) is 27.1. The third kappa shape index (κ3) is 6.30. The predicted molar refractivity (Wildman–Crippen MR) is 140 cm³/mol. The fraction of sp³-hybridized carbons (Fsp3) is 0.276. The van der Waals surface area contributed by atoms with Gasteiger partial charge in [-0.3, -0.25) is 14.4 Å². The van der Waals surface area contributed by atoms with E-state index in [1.165, 1.54) is 20.8 Å². The summed E-state index contributed by atoms with van der Waals surface area (Å²) in [7, 11) is -3.86. The second-order valence-corrected chi connectivity index (χ2v) is 11.5. The third-order valence-corrected chi connectivity index (χ3v) is 8.72. The van der Waals surface area contributed by atoms with Crippen molar-refractivity contribution in [3.63, 3.8) is 0 Å². The fourth-order valence-corrected chi connectivity index (χ4v) is 6.87. The van der Waals surface area contributed by atoms with E-state index in [9.17, 15) is 14.4 Å². The van der Waals surface area contributed by atoms with Gasteiger partial charge in [0, 0.05) is 37.5 Å². The van der Waals surface area contributed by atoms with Crippen molar-refractivity contribution < 1.29 is 37.1 Å². The fourth-order valence-electron chi connectivity index (χ4n) is 4.51. The molecule has 198 valence electrons. The zero-order valence-corrected chi connectivity index (χ0v) is 22.6. The minimum atomic E-state index is -3.86. The topological polar surface area (TPSA) is 97.4 Å². The lowest BCUT2D eigenvalue weighted by Gasteiger charge is -2.39. The molecule has 0 atom stereocenters. The Morgan fingerprint density at radius 1 is 0.789 bits per heavy atom. The molecule has 0 N–H and O–H groups in total. The molecule has 0 saturated carbocycles. The maximum atomic E-state index is 11.7. The summed E-state index contributed by atoms with van der Waals surface area (Å²) in [5.41, 5.74) is 3.67. The van der Waals surface area contributed by atoms with Crippen molar-refractivity contribution >= 4 is 26.7 Å². The molecule has 0 aliphatic carbocycles. The van der Waals surface area contributed by atoms with E-state index < -0.39 is 32.5 Å². The standard InChI is InChI=1S/C29H30O8Si/c1-21(30)35-38(36-22(2)31,37-23(3)32)18-10-11-24-16-17-28-25(19-24)20-33-29(34-28,26-12-6-4-7-13-26)27-14-8-5-9-15-27/h4-9,12-17,19H,10-11,18,20H2,1-3H3. The highest BCUT2D eigenvalue weighted by atomic mass is 28.4. The summed E-state index contributed by atoms with van der Waals surface area (Å²) in [6.45, 7) is 3.88. The predicted octanol–water partition coefficient (Wildman–Crippen LogP) is 5.06. The van der Waals surface area contributed by atoms with E-state index in [4.69, 9.17) is 22.8 Å². The lowest BCUT2D eigenvalue weighted by atomic mass is 9.95. The van der Waals surface area contributed by atoms with E-state index in [-0.39, 0.29) is 6.04 Å². The quantitative estimate of drug-likeness (QED) is 0.352. The maximum absolute atomic E-state index is 11.7.